The van der Waals surface area contributed by atoms with E-state index in [-0.39, 0.29) is 10.7 Å². The first-order chi connectivity index (χ1) is 5.18. The summed E-state index contributed by atoms with van der Waals surface area (Å²) in [5.41, 5.74) is 0. The van der Waals surface area contributed by atoms with Gasteiger partial charge in [0, 0.05) is 6.54 Å². The third-order valence-corrected chi connectivity index (χ3v) is 2.30. The lowest BCUT2D eigenvalue weighted by Gasteiger charge is -2.04. The second kappa shape index (κ2) is 6.98. The van der Waals surface area contributed by atoms with Gasteiger partial charge in [-0.3, -0.25) is 4.79 Å². The maximum atomic E-state index is 10.9. The highest BCUT2D eigenvalue weighted by Gasteiger charge is 2.05. The second-order valence-electron chi connectivity index (χ2n) is 2.25. The first kappa shape index (κ1) is 11.3. The van der Waals surface area contributed by atoms with Crippen LogP contribution in [0.1, 0.15) is 13.3 Å². The Morgan fingerprint density at radius 3 is 2.82 bits per heavy atom. The Labute approximate surface area is 80.6 Å². The number of rotatable bonds is 5. The van der Waals surface area contributed by atoms with E-state index in [1.807, 2.05) is 6.92 Å². The van der Waals surface area contributed by atoms with E-state index in [0.717, 1.165) is 18.7 Å². The van der Waals surface area contributed by atoms with E-state index >= 15 is 0 Å². The fourth-order valence-electron chi connectivity index (χ4n) is 0.569. The summed E-state index contributed by atoms with van der Waals surface area (Å²) < 4.78 is 0. The Morgan fingerprint density at radius 1 is 1.73 bits per heavy atom. The van der Waals surface area contributed by atoms with E-state index in [2.05, 4.69) is 27.5 Å². The molecule has 0 heterocycles. The van der Waals surface area contributed by atoms with Gasteiger partial charge < -0.3 is 5.32 Å². The van der Waals surface area contributed by atoms with Crippen LogP contribution in [0.4, 0.5) is 0 Å². The molecule has 1 atom stereocenters. The van der Waals surface area contributed by atoms with Crippen molar-refractivity contribution in [3.05, 3.63) is 0 Å². The number of carbonyl (C=O) groups excluding carboxylic acids is 1. The lowest BCUT2D eigenvalue weighted by Crippen LogP contribution is -2.30. The summed E-state index contributed by atoms with van der Waals surface area (Å²) in [6.07, 6.45) is 3.11. The summed E-state index contributed by atoms with van der Waals surface area (Å²) in [6.45, 7) is 2.61. The van der Waals surface area contributed by atoms with Crippen molar-refractivity contribution in [2.24, 2.45) is 0 Å². The molecule has 11 heavy (non-hydrogen) atoms. The molecule has 0 aliphatic rings. The molecule has 0 bridgehead atoms. The van der Waals surface area contributed by atoms with Gasteiger partial charge in [0.2, 0.25) is 5.91 Å². The van der Waals surface area contributed by atoms with Gasteiger partial charge in [-0.25, -0.2) is 0 Å². The number of alkyl halides is 1. The average Bonchev–Trinajstić information content (AvgIpc) is 1.97. The zero-order valence-electron chi connectivity index (χ0n) is 6.89. The van der Waals surface area contributed by atoms with Crippen molar-refractivity contribution in [3.63, 3.8) is 0 Å². The molecule has 0 fully saturated rings. The first-order valence-electron chi connectivity index (χ1n) is 3.59. The number of nitrogens with one attached hydrogen (secondary N) is 1. The fourth-order valence-corrected chi connectivity index (χ4v) is 1.16. The summed E-state index contributed by atoms with van der Waals surface area (Å²) in [4.78, 5) is 10.9. The van der Waals surface area contributed by atoms with Crippen LogP contribution < -0.4 is 5.32 Å². The van der Waals surface area contributed by atoms with Crippen LogP contribution in [0.2, 0.25) is 0 Å². The van der Waals surface area contributed by atoms with Crippen molar-refractivity contribution in [1.82, 2.24) is 5.32 Å². The van der Waals surface area contributed by atoms with Gasteiger partial charge in [0.05, 0.1) is 4.83 Å². The molecule has 0 saturated carbocycles. The molecule has 0 spiro atoms. The lowest BCUT2D eigenvalue weighted by atomic mass is 10.4. The van der Waals surface area contributed by atoms with Crippen LogP contribution in [-0.4, -0.2) is 29.3 Å². The molecular weight excluding hydrogens is 226 g/mol. The molecule has 0 aromatic rings. The minimum absolute atomic E-state index is 0.0724. The Morgan fingerprint density at radius 2 is 2.36 bits per heavy atom. The van der Waals surface area contributed by atoms with Crippen molar-refractivity contribution >= 4 is 33.6 Å². The number of thioether (sulfide) groups is 1. The van der Waals surface area contributed by atoms with Crippen LogP contribution in [0.25, 0.3) is 0 Å². The molecule has 0 aromatic heterocycles. The predicted molar refractivity (Wildman–Crippen MR) is 54.4 cm³/mol. The smallest absolute Gasteiger partial charge is 0.233 e. The van der Waals surface area contributed by atoms with E-state index < -0.39 is 0 Å². The molecule has 66 valence electrons. The normalized spacial score (nSPS) is 12.6. The number of amides is 1. The van der Waals surface area contributed by atoms with Crippen molar-refractivity contribution in [2.45, 2.75) is 18.2 Å². The SMILES string of the molecule is CSCCCNC(=O)C(C)Br. The molecule has 1 amide bonds. The lowest BCUT2D eigenvalue weighted by molar-refractivity contribution is -0.120. The zero-order valence-corrected chi connectivity index (χ0v) is 9.30. The Balaban J connectivity index is 3.18. The molecule has 0 aliphatic carbocycles. The standard InChI is InChI=1S/C7H14BrNOS/c1-6(8)7(10)9-4-3-5-11-2/h6H,3-5H2,1-2H3,(H,9,10). The summed E-state index contributed by atoms with van der Waals surface area (Å²) >= 11 is 4.99. The quantitative estimate of drug-likeness (QED) is 0.584. The predicted octanol–water partition coefficient (Wildman–Crippen LogP) is 1.64. The molecule has 1 unspecified atom stereocenters. The van der Waals surface area contributed by atoms with Crippen LogP contribution >= 0.6 is 27.7 Å². The second-order valence-corrected chi connectivity index (χ2v) is 4.61. The monoisotopic (exact) mass is 239 g/mol. The molecule has 4 heteroatoms. The third kappa shape index (κ3) is 6.69. The summed E-state index contributed by atoms with van der Waals surface area (Å²) in [5.74, 6) is 1.18. The van der Waals surface area contributed by atoms with Gasteiger partial charge in [0.25, 0.3) is 0 Å². The van der Waals surface area contributed by atoms with Crippen molar-refractivity contribution in [1.29, 1.82) is 0 Å². The van der Waals surface area contributed by atoms with Crippen LogP contribution in [0.5, 0.6) is 0 Å². The minimum Gasteiger partial charge on any atom is -0.355 e. The summed E-state index contributed by atoms with van der Waals surface area (Å²) in [5, 5.41) is 2.82. The maximum Gasteiger partial charge on any atom is 0.233 e. The molecule has 0 radical (unpaired) electrons. The van der Waals surface area contributed by atoms with Gasteiger partial charge in [0.15, 0.2) is 0 Å². The molecule has 0 rings (SSSR count). The Hall–Kier alpha value is 0.300. The van der Waals surface area contributed by atoms with Crippen LogP contribution in [0.3, 0.4) is 0 Å². The number of carbonyl (C=O) groups is 1. The molecular formula is C7H14BrNOS. The van der Waals surface area contributed by atoms with Crippen LogP contribution in [-0.2, 0) is 4.79 Å². The number of hydrogen-bond acceptors (Lipinski definition) is 2. The largest absolute Gasteiger partial charge is 0.355 e. The highest BCUT2D eigenvalue weighted by molar-refractivity contribution is 9.10. The van der Waals surface area contributed by atoms with Gasteiger partial charge >= 0.3 is 0 Å². The molecule has 0 aromatic carbocycles. The molecule has 2 nitrogen and oxygen atoms in total. The fraction of sp³-hybridized carbons (Fsp3) is 0.857. The van der Waals surface area contributed by atoms with Crippen LogP contribution in [0, 0.1) is 0 Å². The molecule has 0 saturated heterocycles. The third-order valence-electron chi connectivity index (χ3n) is 1.19. The Bertz CT molecular complexity index is 119. The highest BCUT2D eigenvalue weighted by atomic mass is 79.9. The molecule has 1 N–H and O–H groups in total. The Kier molecular flexibility index (Phi) is 7.17. The number of hydrogen-bond donors (Lipinski definition) is 1. The van der Waals surface area contributed by atoms with Crippen molar-refractivity contribution in [3.8, 4) is 0 Å². The summed E-state index contributed by atoms with van der Waals surface area (Å²) in [7, 11) is 0. The van der Waals surface area contributed by atoms with Gasteiger partial charge in [0.1, 0.15) is 0 Å². The van der Waals surface area contributed by atoms with E-state index in [9.17, 15) is 4.79 Å². The van der Waals surface area contributed by atoms with Crippen molar-refractivity contribution in [2.75, 3.05) is 18.6 Å². The van der Waals surface area contributed by atoms with E-state index in [1.165, 1.54) is 0 Å². The van der Waals surface area contributed by atoms with Gasteiger partial charge in [-0.2, -0.15) is 11.8 Å². The van der Waals surface area contributed by atoms with Gasteiger partial charge in [-0.15, -0.1) is 0 Å². The number of halogens is 1. The first-order valence-corrected chi connectivity index (χ1v) is 5.90. The van der Waals surface area contributed by atoms with Crippen LogP contribution in [0.15, 0.2) is 0 Å². The average molecular weight is 240 g/mol. The van der Waals surface area contributed by atoms with E-state index in [4.69, 9.17) is 0 Å². The van der Waals surface area contributed by atoms with Crippen molar-refractivity contribution < 1.29 is 4.79 Å². The minimum atomic E-state index is -0.0724. The summed E-state index contributed by atoms with van der Waals surface area (Å²) in [6, 6.07) is 0. The zero-order chi connectivity index (χ0) is 8.69. The topological polar surface area (TPSA) is 29.1 Å². The highest BCUT2D eigenvalue weighted by Crippen LogP contribution is 1.97. The van der Waals surface area contributed by atoms with E-state index in [0.29, 0.717) is 0 Å². The van der Waals surface area contributed by atoms with Gasteiger partial charge in [-0.05, 0) is 25.4 Å². The van der Waals surface area contributed by atoms with Gasteiger partial charge in [-0.1, -0.05) is 15.9 Å². The van der Waals surface area contributed by atoms with E-state index in [1.54, 1.807) is 11.8 Å². The maximum absolute atomic E-state index is 10.9. The molecule has 0 aliphatic heterocycles.